The third-order valence-corrected chi connectivity index (χ3v) is 4.51. The number of nitrogens with zero attached hydrogens (tertiary/aromatic N) is 4. The Morgan fingerprint density at radius 1 is 1.44 bits per heavy atom. The Bertz CT molecular complexity index is 512. The third-order valence-electron chi connectivity index (χ3n) is 4.51. The predicted molar refractivity (Wildman–Crippen MR) is 69.3 cm³/mol. The summed E-state index contributed by atoms with van der Waals surface area (Å²) >= 11 is 0. The highest BCUT2D eigenvalue weighted by Gasteiger charge is 2.43. The van der Waals surface area contributed by atoms with Gasteiger partial charge >= 0.3 is 0 Å². The maximum Gasteiger partial charge on any atom is 0.145 e. The number of aryl methyl sites for hydroxylation is 2. The van der Waals surface area contributed by atoms with Crippen molar-refractivity contribution in [2.75, 3.05) is 24.5 Å². The lowest BCUT2D eigenvalue weighted by molar-refractivity contribution is 0.470. The first-order valence-corrected chi connectivity index (χ1v) is 6.54. The van der Waals surface area contributed by atoms with Crippen molar-refractivity contribution in [2.45, 2.75) is 19.9 Å². The predicted octanol–water partition coefficient (Wildman–Crippen LogP) is 0.644. The number of rotatable bonds is 1. The summed E-state index contributed by atoms with van der Waals surface area (Å²) in [5, 5.41) is 17.2. The van der Waals surface area contributed by atoms with Crippen molar-refractivity contribution in [2.24, 2.45) is 18.9 Å². The monoisotopic (exact) mass is 245 g/mol. The molecule has 3 unspecified atom stereocenters. The molecule has 2 fully saturated rings. The van der Waals surface area contributed by atoms with Crippen molar-refractivity contribution >= 4 is 5.82 Å². The summed E-state index contributed by atoms with van der Waals surface area (Å²) < 4.78 is 1.86. The molecule has 3 rings (SSSR count). The van der Waals surface area contributed by atoms with E-state index in [1.54, 1.807) is 0 Å². The number of fused-ring (bicyclic) bond motifs is 1. The number of hydrogen-bond donors (Lipinski definition) is 1. The number of aromatic nitrogens is 2. The third kappa shape index (κ3) is 1.45. The number of hydrogen-bond acceptors (Lipinski definition) is 4. The van der Waals surface area contributed by atoms with Gasteiger partial charge in [-0.15, -0.1) is 0 Å². The molecule has 0 amide bonds. The second-order valence-electron chi connectivity index (χ2n) is 5.49. The molecule has 0 radical (unpaired) electrons. The highest BCUT2D eigenvalue weighted by Crippen LogP contribution is 2.37. The maximum atomic E-state index is 9.32. The van der Waals surface area contributed by atoms with Gasteiger partial charge in [-0.25, -0.2) is 0 Å². The Kier molecular flexibility index (Phi) is 2.56. The number of nitriles is 1. The standard InChI is InChI=1S/C13H19N5/c1-8-11(4-14)13(17(3)16-8)18-7-10-5-15-6-12(10)9(18)2/h9-10,12,15H,5-7H2,1-3H3. The minimum absolute atomic E-state index is 0.479. The van der Waals surface area contributed by atoms with E-state index < -0.39 is 0 Å². The van der Waals surface area contributed by atoms with Crippen LogP contribution in [0, 0.1) is 30.1 Å². The van der Waals surface area contributed by atoms with Crippen LogP contribution in [0.15, 0.2) is 0 Å². The smallest absolute Gasteiger partial charge is 0.145 e. The lowest BCUT2D eigenvalue weighted by atomic mass is 9.95. The molecule has 0 aromatic carbocycles. The molecule has 1 aromatic heterocycles. The van der Waals surface area contributed by atoms with E-state index in [1.165, 1.54) is 0 Å². The van der Waals surface area contributed by atoms with E-state index in [0.717, 1.165) is 36.7 Å². The fraction of sp³-hybridized carbons (Fsp3) is 0.692. The van der Waals surface area contributed by atoms with Crippen LogP contribution in [0.4, 0.5) is 5.82 Å². The molecule has 2 saturated heterocycles. The minimum Gasteiger partial charge on any atom is -0.352 e. The fourth-order valence-electron chi connectivity index (χ4n) is 3.55. The van der Waals surface area contributed by atoms with Crippen molar-refractivity contribution in [3.05, 3.63) is 11.3 Å². The van der Waals surface area contributed by atoms with Gasteiger partial charge in [0.05, 0.1) is 5.69 Å². The molecule has 0 bridgehead atoms. The van der Waals surface area contributed by atoms with Crippen LogP contribution < -0.4 is 10.2 Å². The quantitative estimate of drug-likeness (QED) is 0.789. The van der Waals surface area contributed by atoms with E-state index in [1.807, 2.05) is 18.7 Å². The molecule has 0 spiro atoms. The Labute approximate surface area is 107 Å². The zero-order valence-electron chi connectivity index (χ0n) is 11.1. The van der Waals surface area contributed by atoms with Crippen LogP contribution in [0.2, 0.25) is 0 Å². The van der Waals surface area contributed by atoms with E-state index in [2.05, 4.69) is 28.3 Å². The Morgan fingerprint density at radius 2 is 2.22 bits per heavy atom. The zero-order chi connectivity index (χ0) is 12.9. The van der Waals surface area contributed by atoms with Gasteiger partial charge in [0, 0.05) is 32.7 Å². The van der Waals surface area contributed by atoms with Crippen LogP contribution in [0.5, 0.6) is 0 Å². The molecule has 2 aliphatic rings. The largest absolute Gasteiger partial charge is 0.352 e. The maximum absolute atomic E-state index is 9.32. The van der Waals surface area contributed by atoms with Crippen molar-refractivity contribution in [1.82, 2.24) is 15.1 Å². The topological polar surface area (TPSA) is 56.9 Å². The molecule has 18 heavy (non-hydrogen) atoms. The zero-order valence-corrected chi connectivity index (χ0v) is 11.1. The summed E-state index contributed by atoms with van der Waals surface area (Å²) in [6, 6.07) is 2.79. The highest BCUT2D eigenvalue weighted by atomic mass is 15.4. The van der Waals surface area contributed by atoms with Gasteiger partial charge in [-0.2, -0.15) is 10.4 Å². The first-order valence-electron chi connectivity index (χ1n) is 6.54. The van der Waals surface area contributed by atoms with Crippen LogP contribution >= 0.6 is 0 Å². The van der Waals surface area contributed by atoms with Crippen LogP contribution in [0.3, 0.4) is 0 Å². The summed E-state index contributed by atoms with van der Waals surface area (Å²) in [7, 11) is 1.93. The molecular weight excluding hydrogens is 226 g/mol. The lowest BCUT2D eigenvalue weighted by Crippen LogP contribution is -2.34. The summed E-state index contributed by atoms with van der Waals surface area (Å²) in [5.41, 5.74) is 1.56. The number of anilines is 1. The highest BCUT2D eigenvalue weighted by molar-refractivity contribution is 5.58. The van der Waals surface area contributed by atoms with Gasteiger partial charge in [-0.1, -0.05) is 0 Å². The van der Waals surface area contributed by atoms with E-state index in [-0.39, 0.29) is 0 Å². The minimum atomic E-state index is 0.479. The molecule has 3 atom stereocenters. The van der Waals surface area contributed by atoms with Gasteiger partial charge in [0.15, 0.2) is 0 Å². The Morgan fingerprint density at radius 3 is 2.89 bits per heavy atom. The van der Waals surface area contributed by atoms with E-state index in [4.69, 9.17) is 0 Å². The lowest BCUT2D eigenvalue weighted by Gasteiger charge is -2.26. The molecule has 0 aliphatic carbocycles. The fourth-order valence-corrected chi connectivity index (χ4v) is 3.55. The summed E-state index contributed by atoms with van der Waals surface area (Å²) in [6.07, 6.45) is 0. The van der Waals surface area contributed by atoms with Crippen molar-refractivity contribution < 1.29 is 0 Å². The van der Waals surface area contributed by atoms with Crippen LogP contribution in [0.1, 0.15) is 18.2 Å². The Hall–Kier alpha value is -1.54. The summed E-state index contributed by atoms with van der Waals surface area (Å²) in [5.74, 6) is 2.41. The summed E-state index contributed by atoms with van der Waals surface area (Å²) in [4.78, 5) is 2.37. The molecule has 5 heteroatoms. The SMILES string of the molecule is Cc1nn(C)c(N2CC3CNCC3C2C)c1C#N. The molecule has 0 saturated carbocycles. The molecule has 5 nitrogen and oxygen atoms in total. The van der Waals surface area contributed by atoms with Crippen LogP contribution in [-0.4, -0.2) is 35.5 Å². The average molecular weight is 245 g/mol. The van der Waals surface area contributed by atoms with Crippen LogP contribution in [-0.2, 0) is 7.05 Å². The van der Waals surface area contributed by atoms with Gasteiger partial charge in [0.1, 0.15) is 17.5 Å². The van der Waals surface area contributed by atoms with Crippen molar-refractivity contribution in [3.8, 4) is 6.07 Å². The van der Waals surface area contributed by atoms with Crippen molar-refractivity contribution in [1.29, 1.82) is 5.26 Å². The van der Waals surface area contributed by atoms with Gasteiger partial charge in [0.2, 0.25) is 0 Å². The molecule has 1 aromatic rings. The molecule has 3 heterocycles. The Balaban J connectivity index is 1.99. The molecule has 2 aliphatic heterocycles. The normalized spacial score (nSPS) is 30.6. The first kappa shape index (κ1) is 11.5. The van der Waals surface area contributed by atoms with Gasteiger partial charge < -0.3 is 10.2 Å². The van der Waals surface area contributed by atoms with Crippen molar-refractivity contribution in [3.63, 3.8) is 0 Å². The van der Waals surface area contributed by atoms with Gasteiger partial charge in [-0.3, -0.25) is 4.68 Å². The van der Waals surface area contributed by atoms with Gasteiger partial charge in [-0.05, 0) is 25.7 Å². The van der Waals surface area contributed by atoms with E-state index in [0.29, 0.717) is 17.9 Å². The summed E-state index contributed by atoms with van der Waals surface area (Å²) in [6.45, 7) is 7.41. The molecule has 1 N–H and O–H groups in total. The first-order chi connectivity index (χ1) is 8.63. The second kappa shape index (κ2) is 3.99. The van der Waals surface area contributed by atoms with Gasteiger partial charge in [0.25, 0.3) is 0 Å². The second-order valence-corrected chi connectivity index (χ2v) is 5.49. The van der Waals surface area contributed by atoms with Crippen LogP contribution in [0.25, 0.3) is 0 Å². The number of nitrogens with one attached hydrogen (secondary N) is 1. The molecular formula is C13H19N5. The molecule has 96 valence electrons. The van der Waals surface area contributed by atoms with E-state index >= 15 is 0 Å². The van der Waals surface area contributed by atoms with E-state index in [9.17, 15) is 5.26 Å². The average Bonchev–Trinajstić information content (AvgIpc) is 2.96.